The minimum Gasteiger partial charge on any atom is -0.444 e. The van der Waals surface area contributed by atoms with Crippen LogP contribution in [0.4, 0.5) is 4.79 Å². The van der Waals surface area contributed by atoms with E-state index in [0.29, 0.717) is 5.69 Å². The molecule has 0 aromatic carbocycles. The van der Waals surface area contributed by atoms with Crippen LogP contribution in [-0.4, -0.2) is 23.4 Å². The number of alkyl carbamates (subject to hydrolysis) is 1. The molecule has 0 saturated heterocycles. The van der Waals surface area contributed by atoms with Gasteiger partial charge in [0.05, 0.1) is 6.04 Å². The highest BCUT2D eigenvalue weighted by molar-refractivity contribution is 5.68. The fraction of sp³-hybridized carbons (Fsp3) is 0.600. The normalized spacial score (nSPS) is 13.2. The monoisotopic (exact) mass is 227 g/mol. The highest BCUT2D eigenvalue weighted by Gasteiger charge is 2.20. The second-order valence-corrected chi connectivity index (χ2v) is 4.36. The number of aromatic nitrogens is 1. The van der Waals surface area contributed by atoms with Gasteiger partial charge >= 0.3 is 6.09 Å². The third-order valence-corrected chi connectivity index (χ3v) is 1.74. The SMILES string of the molecule is CC(C)(C)OC(=O)NC(CN)c1ccon1. The van der Waals surface area contributed by atoms with E-state index in [1.165, 1.54) is 6.26 Å². The molecule has 0 aliphatic rings. The Balaban J connectivity index is 2.55. The van der Waals surface area contributed by atoms with E-state index in [4.69, 9.17) is 10.5 Å². The summed E-state index contributed by atoms with van der Waals surface area (Å²) in [5.41, 5.74) is 5.57. The number of hydrogen-bond acceptors (Lipinski definition) is 5. The van der Waals surface area contributed by atoms with Crippen LogP contribution < -0.4 is 11.1 Å². The maximum Gasteiger partial charge on any atom is 0.408 e. The number of nitrogens with zero attached hydrogens (tertiary/aromatic N) is 1. The molecule has 0 radical (unpaired) electrons. The van der Waals surface area contributed by atoms with Crippen molar-refractivity contribution in [3.05, 3.63) is 18.0 Å². The van der Waals surface area contributed by atoms with Gasteiger partial charge in [0.25, 0.3) is 0 Å². The average molecular weight is 227 g/mol. The molecule has 6 nitrogen and oxygen atoms in total. The predicted octanol–water partition coefficient (Wildman–Crippen LogP) is 1.20. The van der Waals surface area contributed by atoms with E-state index < -0.39 is 17.7 Å². The van der Waals surface area contributed by atoms with Crippen LogP contribution in [0.25, 0.3) is 0 Å². The summed E-state index contributed by atoms with van der Waals surface area (Å²) in [6.45, 7) is 5.60. The van der Waals surface area contributed by atoms with E-state index in [2.05, 4.69) is 15.0 Å². The van der Waals surface area contributed by atoms with Crippen LogP contribution in [0, 0.1) is 0 Å². The van der Waals surface area contributed by atoms with Gasteiger partial charge in [-0.05, 0) is 20.8 Å². The quantitative estimate of drug-likeness (QED) is 0.809. The molecule has 0 aliphatic carbocycles. The summed E-state index contributed by atoms with van der Waals surface area (Å²) in [5.74, 6) is 0. The van der Waals surface area contributed by atoms with Gasteiger partial charge in [-0.3, -0.25) is 0 Å². The van der Waals surface area contributed by atoms with Crippen molar-refractivity contribution in [2.45, 2.75) is 32.4 Å². The van der Waals surface area contributed by atoms with Crippen LogP contribution in [0.5, 0.6) is 0 Å². The van der Waals surface area contributed by atoms with Gasteiger partial charge in [-0.15, -0.1) is 0 Å². The van der Waals surface area contributed by atoms with Crippen molar-refractivity contribution in [1.82, 2.24) is 10.5 Å². The van der Waals surface area contributed by atoms with Crippen molar-refractivity contribution in [2.24, 2.45) is 5.73 Å². The van der Waals surface area contributed by atoms with E-state index >= 15 is 0 Å². The number of carbonyl (C=O) groups excluding carboxylic acids is 1. The number of amides is 1. The topological polar surface area (TPSA) is 90.4 Å². The van der Waals surface area contributed by atoms with Crippen LogP contribution in [0.1, 0.15) is 32.5 Å². The van der Waals surface area contributed by atoms with Crippen molar-refractivity contribution in [1.29, 1.82) is 0 Å². The Bertz CT molecular complexity index is 330. The number of nitrogens with one attached hydrogen (secondary N) is 1. The van der Waals surface area contributed by atoms with Crippen molar-refractivity contribution < 1.29 is 14.1 Å². The number of nitrogens with two attached hydrogens (primary N) is 1. The third kappa shape index (κ3) is 3.90. The Morgan fingerprint density at radius 2 is 2.38 bits per heavy atom. The van der Waals surface area contributed by atoms with Gasteiger partial charge in [-0.1, -0.05) is 5.16 Å². The van der Waals surface area contributed by atoms with Crippen molar-refractivity contribution in [2.75, 3.05) is 6.54 Å². The summed E-state index contributed by atoms with van der Waals surface area (Å²) in [6, 6.07) is 1.25. The summed E-state index contributed by atoms with van der Waals surface area (Å²) in [6.07, 6.45) is 0.903. The number of rotatable bonds is 3. The molecule has 0 spiro atoms. The molecule has 0 fully saturated rings. The smallest absolute Gasteiger partial charge is 0.408 e. The highest BCUT2D eigenvalue weighted by Crippen LogP contribution is 2.11. The fourth-order valence-corrected chi connectivity index (χ4v) is 1.11. The van der Waals surface area contributed by atoms with E-state index in [9.17, 15) is 4.79 Å². The van der Waals surface area contributed by atoms with Crippen LogP contribution in [0.2, 0.25) is 0 Å². The Morgan fingerprint density at radius 1 is 1.69 bits per heavy atom. The molecule has 6 heteroatoms. The van der Waals surface area contributed by atoms with Crippen molar-refractivity contribution in [3.8, 4) is 0 Å². The molecule has 16 heavy (non-hydrogen) atoms. The molecule has 0 bridgehead atoms. The van der Waals surface area contributed by atoms with Crippen LogP contribution in [-0.2, 0) is 4.74 Å². The molecule has 0 saturated carbocycles. The first-order valence-electron chi connectivity index (χ1n) is 5.02. The minimum absolute atomic E-state index is 0.228. The molecule has 3 N–H and O–H groups in total. The summed E-state index contributed by atoms with van der Waals surface area (Å²) in [7, 11) is 0. The second kappa shape index (κ2) is 4.98. The average Bonchev–Trinajstić information content (AvgIpc) is 2.63. The van der Waals surface area contributed by atoms with E-state index in [1.807, 2.05) is 0 Å². The van der Waals surface area contributed by atoms with Gasteiger partial charge in [-0.2, -0.15) is 0 Å². The lowest BCUT2D eigenvalue weighted by atomic mass is 10.2. The Hall–Kier alpha value is -1.56. The first-order chi connectivity index (χ1) is 7.42. The molecular weight excluding hydrogens is 210 g/mol. The number of hydrogen-bond donors (Lipinski definition) is 2. The number of ether oxygens (including phenoxy) is 1. The molecule has 1 unspecified atom stereocenters. The fourth-order valence-electron chi connectivity index (χ4n) is 1.11. The van der Waals surface area contributed by atoms with Crippen molar-refractivity contribution in [3.63, 3.8) is 0 Å². The minimum atomic E-state index is -0.535. The highest BCUT2D eigenvalue weighted by atomic mass is 16.6. The third-order valence-electron chi connectivity index (χ3n) is 1.74. The zero-order valence-electron chi connectivity index (χ0n) is 9.69. The Labute approximate surface area is 94.1 Å². The molecular formula is C10H17N3O3. The molecule has 1 atom stereocenters. The molecule has 1 aromatic heterocycles. The van der Waals surface area contributed by atoms with Gasteiger partial charge in [-0.25, -0.2) is 4.79 Å². The second-order valence-electron chi connectivity index (χ2n) is 4.36. The van der Waals surface area contributed by atoms with Gasteiger partial charge in [0.15, 0.2) is 0 Å². The van der Waals surface area contributed by atoms with E-state index in [-0.39, 0.29) is 6.54 Å². The van der Waals surface area contributed by atoms with Gasteiger partial charge in [0.1, 0.15) is 17.6 Å². The zero-order chi connectivity index (χ0) is 12.2. The van der Waals surface area contributed by atoms with E-state index in [1.54, 1.807) is 26.8 Å². The summed E-state index contributed by atoms with van der Waals surface area (Å²) in [4.78, 5) is 11.5. The predicted molar refractivity (Wildman–Crippen MR) is 57.7 cm³/mol. The molecule has 1 rings (SSSR count). The number of carbonyl (C=O) groups is 1. The van der Waals surface area contributed by atoms with Gasteiger partial charge in [0, 0.05) is 12.6 Å². The Kier molecular flexibility index (Phi) is 3.89. The van der Waals surface area contributed by atoms with Crippen LogP contribution in [0.3, 0.4) is 0 Å². The van der Waals surface area contributed by atoms with Crippen molar-refractivity contribution >= 4 is 6.09 Å². The molecule has 0 aliphatic heterocycles. The summed E-state index contributed by atoms with van der Waals surface area (Å²) in [5, 5.41) is 6.33. The largest absolute Gasteiger partial charge is 0.444 e. The first-order valence-corrected chi connectivity index (χ1v) is 5.02. The standard InChI is InChI=1S/C10H17N3O3/c1-10(2,3)16-9(14)12-8(6-11)7-4-5-15-13-7/h4-5,8H,6,11H2,1-3H3,(H,12,14). The van der Waals surface area contributed by atoms with Crippen LogP contribution in [0.15, 0.2) is 16.9 Å². The molecule has 1 heterocycles. The zero-order valence-corrected chi connectivity index (χ0v) is 9.69. The molecule has 1 amide bonds. The summed E-state index contributed by atoms with van der Waals surface area (Å²) < 4.78 is 9.79. The Morgan fingerprint density at radius 3 is 2.81 bits per heavy atom. The van der Waals surface area contributed by atoms with Gasteiger partial charge < -0.3 is 20.3 Å². The molecule has 1 aromatic rings. The summed E-state index contributed by atoms with van der Waals surface area (Å²) >= 11 is 0. The first kappa shape index (κ1) is 12.5. The lowest BCUT2D eigenvalue weighted by Gasteiger charge is -2.22. The maximum absolute atomic E-state index is 11.5. The maximum atomic E-state index is 11.5. The lowest BCUT2D eigenvalue weighted by Crippen LogP contribution is -2.37. The molecule has 90 valence electrons. The van der Waals surface area contributed by atoms with Gasteiger partial charge in [0.2, 0.25) is 0 Å². The van der Waals surface area contributed by atoms with Crippen LogP contribution >= 0.6 is 0 Å². The lowest BCUT2D eigenvalue weighted by molar-refractivity contribution is 0.0503. The van der Waals surface area contributed by atoms with E-state index in [0.717, 1.165) is 0 Å².